The topological polar surface area (TPSA) is 132 Å². The van der Waals surface area contributed by atoms with Crippen LogP contribution < -0.4 is 15.6 Å². The number of nitrogens with one attached hydrogen (secondary N) is 1. The Bertz CT molecular complexity index is 678. The number of sulfonamides is 2. The van der Waals surface area contributed by atoms with Gasteiger partial charge in [-0.1, -0.05) is 6.07 Å². The van der Waals surface area contributed by atoms with Gasteiger partial charge in [0.25, 0.3) is 0 Å². The molecule has 2 rings (SSSR count). The van der Waals surface area contributed by atoms with Crippen LogP contribution in [0.5, 0.6) is 0 Å². The molecule has 0 spiro atoms. The van der Waals surface area contributed by atoms with Crippen molar-refractivity contribution in [2.45, 2.75) is 34.7 Å². The molecule has 0 amide bonds. The second kappa shape index (κ2) is 4.84. The van der Waals surface area contributed by atoms with Gasteiger partial charge in [0.05, 0.1) is 9.79 Å². The van der Waals surface area contributed by atoms with Crippen molar-refractivity contribution in [1.29, 1.82) is 0 Å². The minimum absolute atomic E-state index is 0.0171. The molecule has 1 aliphatic rings. The molecule has 0 unspecified atom stereocenters. The van der Waals surface area contributed by atoms with Gasteiger partial charge in [-0.15, -0.1) is 0 Å². The quantitative estimate of drug-likeness (QED) is 0.663. The highest BCUT2D eigenvalue weighted by atomic mass is 32.2. The van der Waals surface area contributed by atoms with Crippen LogP contribution in [0.4, 0.5) is 0 Å². The van der Waals surface area contributed by atoms with Gasteiger partial charge in [0.1, 0.15) is 0 Å². The van der Waals surface area contributed by atoms with E-state index in [1.165, 1.54) is 18.2 Å². The van der Waals surface area contributed by atoms with E-state index in [2.05, 4.69) is 4.72 Å². The van der Waals surface area contributed by atoms with E-state index >= 15 is 0 Å². The van der Waals surface area contributed by atoms with Crippen LogP contribution in [-0.2, 0) is 20.0 Å². The molecule has 0 aromatic heterocycles. The average molecular weight is 305 g/mol. The molecule has 0 heterocycles. The highest BCUT2D eigenvalue weighted by molar-refractivity contribution is 7.90. The van der Waals surface area contributed by atoms with E-state index in [1.807, 2.05) is 0 Å². The second-order valence-electron chi connectivity index (χ2n) is 4.57. The van der Waals surface area contributed by atoms with Crippen LogP contribution in [0.1, 0.15) is 12.8 Å². The summed E-state index contributed by atoms with van der Waals surface area (Å²) in [6.07, 6.45) is 1.15. The number of primary sulfonamides is 1. The number of hydrogen-bond donors (Lipinski definition) is 3. The molecule has 1 saturated carbocycles. The van der Waals surface area contributed by atoms with E-state index in [9.17, 15) is 16.8 Å². The van der Waals surface area contributed by atoms with Crippen molar-refractivity contribution in [2.75, 3.05) is 0 Å². The summed E-state index contributed by atoms with van der Waals surface area (Å²) in [5.41, 5.74) is 5.58. The van der Waals surface area contributed by atoms with Crippen molar-refractivity contribution < 1.29 is 16.8 Å². The van der Waals surface area contributed by atoms with Crippen molar-refractivity contribution in [3.05, 3.63) is 24.3 Å². The lowest BCUT2D eigenvalue weighted by atomic mass is 9.89. The lowest BCUT2D eigenvalue weighted by molar-refractivity contribution is 0.327. The fraction of sp³-hybridized carbons (Fsp3) is 0.400. The SMILES string of the molecule is NC1CC(NS(=O)(=O)c2cccc(S(N)(=O)=O)c2)C1. The van der Waals surface area contributed by atoms with Gasteiger partial charge < -0.3 is 5.73 Å². The zero-order valence-electron chi connectivity index (χ0n) is 9.98. The summed E-state index contributed by atoms with van der Waals surface area (Å²) in [5.74, 6) is 0. The van der Waals surface area contributed by atoms with Gasteiger partial charge in [-0.3, -0.25) is 0 Å². The third-order valence-corrected chi connectivity index (χ3v) is 5.37. The Morgan fingerprint density at radius 2 is 1.68 bits per heavy atom. The third-order valence-electron chi connectivity index (χ3n) is 2.94. The first-order valence-electron chi connectivity index (χ1n) is 5.59. The average Bonchev–Trinajstić information content (AvgIpc) is 2.26. The monoisotopic (exact) mass is 305 g/mol. The highest BCUT2D eigenvalue weighted by Crippen LogP contribution is 2.21. The van der Waals surface area contributed by atoms with Crippen LogP contribution in [0, 0.1) is 0 Å². The fourth-order valence-corrected chi connectivity index (χ4v) is 3.81. The minimum atomic E-state index is -3.93. The van der Waals surface area contributed by atoms with Gasteiger partial charge in [0, 0.05) is 12.1 Å². The summed E-state index contributed by atoms with van der Waals surface area (Å²) in [6, 6.07) is 4.75. The molecule has 0 bridgehead atoms. The predicted octanol–water partition coefficient (Wildman–Crippen LogP) is -0.898. The summed E-state index contributed by atoms with van der Waals surface area (Å²) >= 11 is 0. The number of hydrogen-bond acceptors (Lipinski definition) is 5. The van der Waals surface area contributed by atoms with Gasteiger partial charge in [0.2, 0.25) is 20.0 Å². The molecule has 0 saturated heterocycles. The molecule has 5 N–H and O–H groups in total. The second-order valence-corrected chi connectivity index (χ2v) is 7.84. The Hall–Kier alpha value is -1.00. The molecule has 106 valence electrons. The van der Waals surface area contributed by atoms with Gasteiger partial charge in [0.15, 0.2) is 0 Å². The Morgan fingerprint density at radius 1 is 1.11 bits per heavy atom. The molecular weight excluding hydrogens is 290 g/mol. The van der Waals surface area contributed by atoms with Crippen molar-refractivity contribution in [3.63, 3.8) is 0 Å². The molecule has 1 aromatic rings. The number of benzene rings is 1. The molecule has 1 fully saturated rings. The van der Waals surface area contributed by atoms with Crippen molar-refractivity contribution in [3.8, 4) is 0 Å². The van der Waals surface area contributed by atoms with Crippen molar-refractivity contribution in [1.82, 2.24) is 4.72 Å². The number of rotatable bonds is 4. The molecular formula is C10H15N3O4S2. The zero-order valence-corrected chi connectivity index (χ0v) is 11.6. The van der Waals surface area contributed by atoms with Crippen LogP contribution in [0.3, 0.4) is 0 Å². The van der Waals surface area contributed by atoms with Gasteiger partial charge in [-0.05, 0) is 31.0 Å². The lowest BCUT2D eigenvalue weighted by Crippen LogP contribution is -2.50. The molecule has 0 aliphatic heterocycles. The Balaban J connectivity index is 2.26. The summed E-state index contributed by atoms with van der Waals surface area (Å²) in [6.45, 7) is 0. The summed E-state index contributed by atoms with van der Waals surface area (Å²) in [5, 5.41) is 4.97. The third kappa shape index (κ3) is 3.31. The fourth-order valence-electron chi connectivity index (χ4n) is 1.86. The molecule has 7 nitrogen and oxygen atoms in total. The molecule has 0 radical (unpaired) electrons. The minimum Gasteiger partial charge on any atom is -0.328 e. The molecule has 0 atom stereocenters. The van der Waals surface area contributed by atoms with E-state index in [0.29, 0.717) is 12.8 Å². The maximum Gasteiger partial charge on any atom is 0.240 e. The first-order chi connectivity index (χ1) is 8.68. The molecule has 1 aliphatic carbocycles. The van der Waals surface area contributed by atoms with Crippen LogP contribution in [0.2, 0.25) is 0 Å². The van der Waals surface area contributed by atoms with Crippen molar-refractivity contribution in [2.24, 2.45) is 10.9 Å². The summed E-state index contributed by atoms with van der Waals surface area (Å²) < 4.78 is 48.9. The van der Waals surface area contributed by atoms with E-state index in [4.69, 9.17) is 10.9 Å². The first-order valence-corrected chi connectivity index (χ1v) is 8.62. The Morgan fingerprint density at radius 3 is 2.21 bits per heavy atom. The van der Waals surface area contributed by atoms with Gasteiger partial charge in [-0.2, -0.15) is 0 Å². The van der Waals surface area contributed by atoms with Crippen molar-refractivity contribution >= 4 is 20.0 Å². The normalized spacial score (nSPS) is 23.9. The summed E-state index contributed by atoms with van der Waals surface area (Å²) in [4.78, 5) is -0.361. The van der Waals surface area contributed by atoms with E-state index in [1.54, 1.807) is 0 Å². The van der Waals surface area contributed by atoms with Gasteiger partial charge >= 0.3 is 0 Å². The first kappa shape index (κ1) is 14.4. The van der Waals surface area contributed by atoms with Gasteiger partial charge in [-0.25, -0.2) is 26.7 Å². The van der Waals surface area contributed by atoms with Crippen LogP contribution in [-0.4, -0.2) is 28.9 Å². The molecule has 9 heteroatoms. The lowest BCUT2D eigenvalue weighted by Gasteiger charge is -2.32. The maximum atomic E-state index is 12.0. The Labute approximate surface area is 112 Å². The molecule has 19 heavy (non-hydrogen) atoms. The predicted molar refractivity (Wildman–Crippen MR) is 69.1 cm³/mol. The van der Waals surface area contributed by atoms with E-state index in [0.717, 1.165) is 6.07 Å². The van der Waals surface area contributed by atoms with Crippen LogP contribution >= 0.6 is 0 Å². The standard InChI is InChI=1S/C10H15N3O4S2/c11-7-4-8(5-7)13-19(16,17)10-3-1-2-9(6-10)18(12,14)15/h1-3,6-8,13H,4-5,11H2,(H2,12,14,15). The van der Waals surface area contributed by atoms with Crippen LogP contribution in [0.25, 0.3) is 0 Å². The smallest absolute Gasteiger partial charge is 0.240 e. The summed E-state index contributed by atoms with van der Waals surface area (Å²) in [7, 11) is -7.68. The molecule has 1 aromatic carbocycles. The zero-order chi connectivity index (χ0) is 14.3. The van der Waals surface area contributed by atoms with Crippen LogP contribution in [0.15, 0.2) is 34.1 Å². The maximum absolute atomic E-state index is 12.0. The van der Waals surface area contributed by atoms with E-state index in [-0.39, 0.29) is 21.9 Å². The van der Waals surface area contributed by atoms with E-state index < -0.39 is 20.0 Å². The number of nitrogens with two attached hydrogens (primary N) is 2. The Kier molecular flexibility index (Phi) is 3.67. The largest absolute Gasteiger partial charge is 0.328 e. The highest BCUT2D eigenvalue weighted by Gasteiger charge is 2.30.